The molecule has 0 fully saturated rings. The molecule has 1 aliphatic heterocycles. The lowest BCUT2D eigenvalue weighted by atomic mass is 9.97. The second-order valence-corrected chi connectivity index (χ2v) is 7.74. The number of benzene rings is 3. The molecule has 3 aromatic carbocycles. The van der Waals surface area contributed by atoms with Crippen molar-refractivity contribution in [2.24, 2.45) is 0 Å². The zero-order valence-electron chi connectivity index (χ0n) is 17.4. The van der Waals surface area contributed by atoms with Crippen molar-refractivity contribution in [2.75, 3.05) is 5.32 Å². The van der Waals surface area contributed by atoms with Crippen LogP contribution in [0.5, 0.6) is 0 Å². The monoisotopic (exact) mass is 396 g/mol. The zero-order valence-corrected chi connectivity index (χ0v) is 17.4. The Kier molecular flexibility index (Phi) is 5.23. The van der Waals surface area contributed by atoms with Gasteiger partial charge in [-0.15, -0.1) is 0 Å². The fourth-order valence-electron chi connectivity index (χ4n) is 3.73. The number of carbonyl (C=O) groups is 2. The van der Waals surface area contributed by atoms with Crippen LogP contribution < -0.4 is 5.32 Å². The van der Waals surface area contributed by atoms with Gasteiger partial charge >= 0.3 is 0 Å². The van der Waals surface area contributed by atoms with Crippen molar-refractivity contribution in [3.63, 3.8) is 0 Å². The molecular formula is C26H24N2O2. The van der Waals surface area contributed by atoms with Gasteiger partial charge in [-0.25, -0.2) is 0 Å². The molecule has 0 aliphatic carbocycles. The van der Waals surface area contributed by atoms with Gasteiger partial charge < -0.3 is 5.32 Å². The summed E-state index contributed by atoms with van der Waals surface area (Å²) in [5, 5.41) is 3.22. The molecule has 0 unspecified atom stereocenters. The number of anilines is 1. The molecule has 0 spiro atoms. The third-order valence-electron chi connectivity index (χ3n) is 5.32. The van der Waals surface area contributed by atoms with Crippen LogP contribution in [-0.4, -0.2) is 16.7 Å². The SMILES string of the molecule is Cc1ccc(NC2=C(c3ccc(C)cc3C)C(=O)N(Cc3ccccc3)C2=O)cc1. The number of amides is 2. The molecule has 4 nitrogen and oxygen atoms in total. The minimum Gasteiger partial charge on any atom is -0.350 e. The van der Waals surface area contributed by atoms with Gasteiger partial charge in [-0.1, -0.05) is 71.8 Å². The molecule has 1 N–H and O–H groups in total. The quantitative estimate of drug-likeness (QED) is 0.617. The highest BCUT2D eigenvalue weighted by Gasteiger charge is 2.39. The summed E-state index contributed by atoms with van der Waals surface area (Å²) in [7, 11) is 0. The normalized spacial score (nSPS) is 13.9. The summed E-state index contributed by atoms with van der Waals surface area (Å²) in [6.07, 6.45) is 0. The summed E-state index contributed by atoms with van der Waals surface area (Å²) in [5.41, 5.74) is 6.43. The van der Waals surface area contributed by atoms with Crippen molar-refractivity contribution < 1.29 is 9.59 Å². The first-order chi connectivity index (χ1) is 14.4. The topological polar surface area (TPSA) is 49.4 Å². The van der Waals surface area contributed by atoms with Crippen molar-refractivity contribution >= 4 is 23.1 Å². The second kappa shape index (κ2) is 7.99. The van der Waals surface area contributed by atoms with Gasteiger partial charge in [-0.3, -0.25) is 14.5 Å². The average Bonchev–Trinajstić information content (AvgIpc) is 2.95. The molecule has 0 saturated heterocycles. The van der Waals surface area contributed by atoms with E-state index in [1.165, 1.54) is 4.90 Å². The van der Waals surface area contributed by atoms with Crippen molar-refractivity contribution in [1.82, 2.24) is 4.90 Å². The Morgan fingerprint density at radius 2 is 1.43 bits per heavy atom. The maximum Gasteiger partial charge on any atom is 0.278 e. The maximum absolute atomic E-state index is 13.4. The molecule has 0 aromatic heterocycles. The van der Waals surface area contributed by atoms with Crippen molar-refractivity contribution in [3.8, 4) is 0 Å². The van der Waals surface area contributed by atoms with E-state index in [1.807, 2.05) is 93.6 Å². The minimum atomic E-state index is -0.306. The zero-order chi connectivity index (χ0) is 21.3. The third kappa shape index (κ3) is 3.77. The van der Waals surface area contributed by atoms with Gasteiger partial charge in [0.2, 0.25) is 0 Å². The van der Waals surface area contributed by atoms with E-state index in [-0.39, 0.29) is 18.4 Å². The molecule has 0 atom stereocenters. The summed E-state index contributed by atoms with van der Waals surface area (Å²) in [6.45, 7) is 6.23. The largest absolute Gasteiger partial charge is 0.350 e. The highest BCUT2D eigenvalue weighted by Crippen LogP contribution is 2.33. The Labute approximate surface area is 176 Å². The number of aryl methyl sites for hydroxylation is 3. The van der Waals surface area contributed by atoms with Gasteiger partial charge in [0.1, 0.15) is 5.70 Å². The number of hydrogen-bond donors (Lipinski definition) is 1. The first-order valence-electron chi connectivity index (χ1n) is 10.00. The lowest BCUT2D eigenvalue weighted by Crippen LogP contribution is -2.32. The Hall–Kier alpha value is -3.66. The van der Waals surface area contributed by atoms with Crippen molar-refractivity contribution in [2.45, 2.75) is 27.3 Å². The molecule has 30 heavy (non-hydrogen) atoms. The van der Waals surface area contributed by atoms with E-state index < -0.39 is 0 Å². The number of carbonyl (C=O) groups excluding carboxylic acids is 2. The summed E-state index contributed by atoms with van der Waals surface area (Å²) < 4.78 is 0. The summed E-state index contributed by atoms with van der Waals surface area (Å²) in [4.78, 5) is 28.1. The van der Waals surface area contributed by atoms with Crippen LogP contribution in [0.15, 0.2) is 78.5 Å². The Bertz CT molecular complexity index is 1150. The number of imide groups is 1. The number of rotatable bonds is 5. The molecule has 150 valence electrons. The third-order valence-corrected chi connectivity index (χ3v) is 5.32. The van der Waals surface area contributed by atoms with Crippen LogP contribution in [0.3, 0.4) is 0 Å². The van der Waals surface area contributed by atoms with Crippen molar-refractivity contribution in [3.05, 3.63) is 106 Å². The number of nitrogens with one attached hydrogen (secondary N) is 1. The molecular weight excluding hydrogens is 372 g/mol. The maximum atomic E-state index is 13.4. The molecule has 2 amide bonds. The van der Waals surface area contributed by atoms with Crippen LogP contribution in [0.4, 0.5) is 5.69 Å². The van der Waals surface area contributed by atoms with Crippen LogP contribution in [0, 0.1) is 20.8 Å². The Morgan fingerprint density at radius 3 is 2.10 bits per heavy atom. The number of nitrogens with zero attached hydrogens (tertiary/aromatic N) is 1. The summed E-state index contributed by atoms with van der Waals surface area (Å²) in [5.74, 6) is -0.579. The Balaban J connectivity index is 1.78. The van der Waals surface area contributed by atoms with Crippen LogP contribution in [-0.2, 0) is 16.1 Å². The molecule has 0 saturated carbocycles. The van der Waals surface area contributed by atoms with E-state index in [9.17, 15) is 9.59 Å². The van der Waals surface area contributed by atoms with E-state index in [1.54, 1.807) is 0 Å². The summed E-state index contributed by atoms with van der Waals surface area (Å²) in [6, 6.07) is 23.3. The van der Waals surface area contributed by atoms with Crippen LogP contribution in [0.25, 0.3) is 5.57 Å². The fraction of sp³-hybridized carbons (Fsp3) is 0.154. The number of hydrogen-bond acceptors (Lipinski definition) is 3. The van der Waals surface area contributed by atoms with E-state index in [2.05, 4.69) is 5.32 Å². The second-order valence-electron chi connectivity index (χ2n) is 7.74. The van der Waals surface area contributed by atoms with E-state index in [4.69, 9.17) is 0 Å². The van der Waals surface area contributed by atoms with E-state index in [0.717, 1.165) is 33.5 Å². The van der Waals surface area contributed by atoms with Gasteiger partial charge in [-0.2, -0.15) is 0 Å². The highest BCUT2D eigenvalue weighted by molar-refractivity contribution is 6.36. The molecule has 0 bridgehead atoms. The molecule has 3 aromatic rings. The van der Waals surface area contributed by atoms with E-state index >= 15 is 0 Å². The predicted molar refractivity (Wildman–Crippen MR) is 120 cm³/mol. The molecule has 4 rings (SSSR count). The van der Waals surface area contributed by atoms with E-state index in [0.29, 0.717) is 11.3 Å². The first kappa shape index (κ1) is 19.6. The predicted octanol–water partition coefficient (Wildman–Crippen LogP) is 5.00. The Morgan fingerprint density at radius 1 is 0.767 bits per heavy atom. The smallest absolute Gasteiger partial charge is 0.278 e. The lowest BCUT2D eigenvalue weighted by Gasteiger charge is -2.15. The van der Waals surface area contributed by atoms with Gasteiger partial charge in [0.15, 0.2) is 0 Å². The standard InChI is InChI=1S/C26H24N2O2/c1-17-9-12-21(13-10-17)27-24-23(22-14-11-18(2)15-19(22)3)25(29)28(26(24)30)16-20-7-5-4-6-8-20/h4-15,27H,16H2,1-3H3. The van der Waals surface area contributed by atoms with Gasteiger partial charge in [0.25, 0.3) is 11.8 Å². The molecule has 4 heteroatoms. The van der Waals surface area contributed by atoms with Gasteiger partial charge in [0.05, 0.1) is 12.1 Å². The fourth-order valence-corrected chi connectivity index (χ4v) is 3.73. The van der Waals surface area contributed by atoms with Crippen LogP contribution in [0.1, 0.15) is 27.8 Å². The highest BCUT2D eigenvalue weighted by atomic mass is 16.2. The van der Waals surface area contributed by atoms with Gasteiger partial charge in [0, 0.05) is 5.69 Å². The molecule has 0 radical (unpaired) electrons. The summed E-state index contributed by atoms with van der Waals surface area (Å²) >= 11 is 0. The first-order valence-corrected chi connectivity index (χ1v) is 10.00. The van der Waals surface area contributed by atoms with Crippen molar-refractivity contribution in [1.29, 1.82) is 0 Å². The van der Waals surface area contributed by atoms with Crippen LogP contribution in [0.2, 0.25) is 0 Å². The van der Waals surface area contributed by atoms with Crippen LogP contribution >= 0.6 is 0 Å². The van der Waals surface area contributed by atoms with Gasteiger partial charge in [-0.05, 0) is 49.6 Å². The minimum absolute atomic E-state index is 0.242. The lowest BCUT2D eigenvalue weighted by molar-refractivity contribution is -0.137. The molecule has 1 heterocycles. The average molecular weight is 396 g/mol. The molecule has 1 aliphatic rings.